The minimum Gasteiger partial charge on any atom is -0.490 e. The molecule has 1 N–H and O–H groups in total. The summed E-state index contributed by atoms with van der Waals surface area (Å²) in [6.45, 7) is 3.14. The Bertz CT molecular complexity index is 948. The van der Waals surface area contributed by atoms with Gasteiger partial charge in [0.25, 0.3) is 0 Å². The molecule has 2 aromatic carbocycles. The van der Waals surface area contributed by atoms with Gasteiger partial charge in [0.1, 0.15) is 0 Å². The van der Waals surface area contributed by atoms with E-state index in [1.54, 1.807) is 19.1 Å². The number of halogens is 2. The summed E-state index contributed by atoms with van der Waals surface area (Å²) < 4.78 is 40.8. The third-order valence-electron chi connectivity index (χ3n) is 5.85. The van der Waals surface area contributed by atoms with Gasteiger partial charge in [0, 0.05) is 37.1 Å². The van der Waals surface area contributed by atoms with Crippen molar-refractivity contribution in [2.24, 2.45) is 0 Å². The minimum atomic E-state index is -2.92. The zero-order valence-electron chi connectivity index (χ0n) is 19.3. The Hall–Kier alpha value is -2.91. The van der Waals surface area contributed by atoms with E-state index in [4.69, 9.17) is 9.47 Å². The number of benzene rings is 2. The van der Waals surface area contributed by atoms with Gasteiger partial charge in [-0.15, -0.1) is 0 Å². The van der Waals surface area contributed by atoms with Crippen LogP contribution < -0.4 is 19.7 Å². The first-order valence-corrected chi connectivity index (χ1v) is 11.7. The number of alkyl halides is 2. The Balaban J connectivity index is 1.36. The number of anilines is 2. The van der Waals surface area contributed by atoms with Crippen molar-refractivity contribution in [3.05, 3.63) is 48.0 Å². The molecule has 0 aromatic heterocycles. The molecule has 0 atom stereocenters. The molecule has 1 amide bonds. The van der Waals surface area contributed by atoms with Crippen LogP contribution >= 0.6 is 0 Å². The highest BCUT2D eigenvalue weighted by Gasteiger charge is 2.30. The van der Waals surface area contributed by atoms with Crippen molar-refractivity contribution in [1.82, 2.24) is 4.90 Å². The molecule has 7 nitrogen and oxygen atoms in total. The highest BCUT2D eigenvalue weighted by atomic mass is 19.3. The molecule has 0 unspecified atom stereocenters. The van der Waals surface area contributed by atoms with Crippen LogP contribution in [0.3, 0.4) is 0 Å². The number of carbonyl (C=O) groups excluding carboxylic acids is 1. The van der Waals surface area contributed by atoms with Crippen LogP contribution in [0.4, 0.5) is 20.2 Å². The molecule has 1 aliphatic carbocycles. The first-order chi connectivity index (χ1) is 16.5. The predicted molar refractivity (Wildman–Crippen MR) is 126 cm³/mol. The summed E-state index contributed by atoms with van der Waals surface area (Å²) in [6.07, 6.45) is 2.07. The molecule has 0 bridgehead atoms. The second-order valence-electron chi connectivity index (χ2n) is 8.42. The van der Waals surface area contributed by atoms with Crippen molar-refractivity contribution < 1.29 is 27.8 Å². The summed E-state index contributed by atoms with van der Waals surface area (Å²) in [4.78, 5) is 17.1. The normalized spacial score (nSPS) is 16.1. The topological polar surface area (TPSA) is 63.3 Å². The molecule has 2 fully saturated rings. The molecule has 2 aromatic rings. The molecule has 1 heterocycles. The van der Waals surface area contributed by atoms with E-state index < -0.39 is 6.61 Å². The lowest BCUT2D eigenvalue weighted by Crippen LogP contribution is -2.36. The lowest BCUT2D eigenvalue weighted by atomic mass is 10.2. The molecule has 34 heavy (non-hydrogen) atoms. The maximum absolute atomic E-state index is 12.8. The molecule has 0 spiro atoms. The molecular formula is C25H31F2N3O4. The van der Waals surface area contributed by atoms with Gasteiger partial charge < -0.3 is 24.4 Å². The number of rotatable bonds is 11. The number of ether oxygens (including phenoxy) is 3. The number of morpholine rings is 1. The second kappa shape index (κ2) is 11.5. The molecule has 1 saturated carbocycles. The predicted octanol–water partition coefficient (Wildman–Crippen LogP) is 4.13. The van der Waals surface area contributed by atoms with Gasteiger partial charge in [-0.25, -0.2) is 0 Å². The minimum absolute atomic E-state index is 0.0110. The van der Waals surface area contributed by atoms with Crippen molar-refractivity contribution in [3.63, 3.8) is 0 Å². The van der Waals surface area contributed by atoms with E-state index in [-0.39, 0.29) is 24.0 Å². The second-order valence-corrected chi connectivity index (χ2v) is 8.42. The van der Waals surface area contributed by atoms with Crippen molar-refractivity contribution >= 4 is 17.3 Å². The fourth-order valence-corrected chi connectivity index (χ4v) is 4.06. The number of nitrogens with zero attached hydrogens (tertiary/aromatic N) is 2. The fourth-order valence-electron chi connectivity index (χ4n) is 4.06. The summed E-state index contributed by atoms with van der Waals surface area (Å²) in [7, 11) is 0. The van der Waals surface area contributed by atoms with E-state index in [0.29, 0.717) is 19.2 Å². The lowest BCUT2D eigenvalue weighted by Gasteiger charge is -2.29. The summed E-state index contributed by atoms with van der Waals surface area (Å²) in [6, 6.07) is 13.1. The number of amides is 1. The largest absolute Gasteiger partial charge is 0.490 e. The van der Waals surface area contributed by atoms with Crippen LogP contribution in [-0.2, 0) is 16.1 Å². The van der Waals surface area contributed by atoms with Crippen LogP contribution in [0.25, 0.3) is 0 Å². The SMILES string of the molecule is CCOc1cc(CN(CC(=O)Nc2ccc(N3CCOCC3)cc2)C2CC2)ccc1OC(F)F. The standard InChI is InChI=1S/C25H31F2N3O4/c1-2-33-23-15-18(3-10-22(23)34-25(26)27)16-30(21-8-9-21)17-24(31)28-19-4-6-20(7-5-19)29-11-13-32-14-12-29/h3-7,10,15,21,25H,2,8-9,11-14,16-17H2,1H3,(H,28,31). The lowest BCUT2D eigenvalue weighted by molar-refractivity contribution is -0.117. The maximum Gasteiger partial charge on any atom is 0.387 e. The van der Waals surface area contributed by atoms with E-state index in [1.807, 2.05) is 24.3 Å². The Labute approximate surface area is 198 Å². The van der Waals surface area contributed by atoms with Crippen LogP contribution in [0.1, 0.15) is 25.3 Å². The Morgan fingerprint density at radius 2 is 1.88 bits per heavy atom. The van der Waals surface area contributed by atoms with Gasteiger partial charge in [0.15, 0.2) is 11.5 Å². The van der Waals surface area contributed by atoms with Crippen LogP contribution in [0.2, 0.25) is 0 Å². The Morgan fingerprint density at radius 3 is 2.53 bits per heavy atom. The smallest absolute Gasteiger partial charge is 0.387 e. The third-order valence-corrected chi connectivity index (χ3v) is 5.85. The first kappa shape index (κ1) is 24.2. The van der Waals surface area contributed by atoms with Crippen LogP contribution in [0.5, 0.6) is 11.5 Å². The van der Waals surface area contributed by atoms with Crippen LogP contribution in [0.15, 0.2) is 42.5 Å². The van der Waals surface area contributed by atoms with E-state index in [1.165, 1.54) is 6.07 Å². The van der Waals surface area contributed by atoms with Gasteiger partial charge in [0.05, 0.1) is 26.4 Å². The monoisotopic (exact) mass is 475 g/mol. The van der Waals surface area contributed by atoms with E-state index in [0.717, 1.165) is 56.1 Å². The van der Waals surface area contributed by atoms with Gasteiger partial charge in [-0.3, -0.25) is 9.69 Å². The van der Waals surface area contributed by atoms with Gasteiger partial charge >= 0.3 is 6.61 Å². The third kappa shape index (κ3) is 6.80. The first-order valence-electron chi connectivity index (χ1n) is 11.7. The summed E-state index contributed by atoms with van der Waals surface area (Å²) in [5.41, 5.74) is 2.75. The molecule has 2 aliphatic rings. The number of carbonyl (C=O) groups is 1. The maximum atomic E-state index is 12.8. The summed E-state index contributed by atoms with van der Waals surface area (Å²) in [5, 5.41) is 2.98. The quantitative estimate of drug-likeness (QED) is 0.528. The van der Waals surface area contributed by atoms with Crippen molar-refractivity contribution in [3.8, 4) is 11.5 Å². The van der Waals surface area contributed by atoms with Crippen molar-refractivity contribution in [1.29, 1.82) is 0 Å². The van der Waals surface area contributed by atoms with E-state index >= 15 is 0 Å². The zero-order chi connectivity index (χ0) is 23.9. The zero-order valence-corrected chi connectivity index (χ0v) is 19.3. The number of nitrogens with one attached hydrogen (secondary N) is 1. The fraction of sp³-hybridized carbons (Fsp3) is 0.480. The summed E-state index contributed by atoms with van der Waals surface area (Å²) in [5.74, 6) is 0.200. The Kier molecular flexibility index (Phi) is 8.18. The van der Waals surface area contributed by atoms with E-state index in [9.17, 15) is 13.6 Å². The molecule has 4 rings (SSSR count). The average molecular weight is 476 g/mol. The highest BCUT2D eigenvalue weighted by molar-refractivity contribution is 5.92. The number of hydrogen-bond acceptors (Lipinski definition) is 6. The molecule has 1 aliphatic heterocycles. The molecule has 184 valence electrons. The van der Waals surface area contributed by atoms with Gasteiger partial charge in [-0.1, -0.05) is 6.07 Å². The van der Waals surface area contributed by atoms with Crippen LogP contribution in [0, 0.1) is 0 Å². The number of hydrogen-bond donors (Lipinski definition) is 1. The molecule has 9 heteroatoms. The van der Waals surface area contributed by atoms with Crippen molar-refractivity contribution in [2.45, 2.75) is 39.0 Å². The van der Waals surface area contributed by atoms with Crippen LogP contribution in [-0.4, -0.2) is 62.9 Å². The van der Waals surface area contributed by atoms with Gasteiger partial charge in [-0.2, -0.15) is 8.78 Å². The Morgan fingerprint density at radius 1 is 1.15 bits per heavy atom. The highest BCUT2D eigenvalue weighted by Crippen LogP contribution is 2.33. The molecule has 1 saturated heterocycles. The van der Waals surface area contributed by atoms with Gasteiger partial charge in [0.2, 0.25) is 5.91 Å². The average Bonchev–Trinajstić information content (AvgIpc) is 3.67. The molecule has 0 radical (unpaired) electrons. The van der Waals surface area contributed by atoms with Gasteiger partial charge in [-0.05, 0) is 61.7 Å². The molecular weight excluding hydrogens is 444 g/mol. The van der Waals surface area contributed by atoms with Crippen molar-refractivity contribution in [2.75, 3.05) is 49.7 Å². The summed E-state index contributed by atoms with van der Waals surface area (Å²) >= 11 is 0. The van der Waals surface area contributed by atoms with E-state index in [2.05, 4.69) is 19.9 Å².